The van der Waals surface area contributed by atoms with Gasteiger partial charge in [-0.3, -0.25) is 9.78 Å². The summed E-state index contributed by atoms with van der Waals surface area (Å²) in [6.45, 7) is 1.13. The lowest BCUT2D eigenvalue weighted by Gasteiger charge is -2.06. The number of carbonyl (C=O) groups is 1. The van der Waals surface area contributed by atoms with E-state index in [0.29, 0.717) is 17.7 Å². The van der Waals surface area contributed by atoms with E-state index in [4.69, 9.17) is 9.84 Å². The SMILES string of the molecule is COCCCCCNC(=O)c1ccncc1C#CCO. The van der Waals surface area contributed by atoms with Crippen LogP contribution in [0.3, 0.4) is 0 Å². The van der Waals surface area contributed by atoms with E-state index < -0.39 is 0 Å². The Morgan fingerprint density at radius 1 is 1.45 bits per heavy atom. The lowest BCUT2D eigenvalue weighted by Crippen LogP contribution is -2.25. The Bertz CT molecular complexity index is 477. The number of carbonyl (C=O) groups excluding carboxylic acids is 1. The molecule has 0 bridgehead atoms. The molecule has 1 heterocycles. The molecule has 2 N–H and O–H groups in total. The Balaban J connectivity index is 2.47. The number of aliphatic hydroxyl groups excluding tert-OH is 1. The number of rotatable bonds is 7. The zero-order chi connectivity index (χ0) is 14.6. The molecular weight excluding hydrogens is 256 g/mol. The summed E-state index contributed by atoms with van der Waals surface area (Å²) in [5.74, 6) is 5.08. The minimum atomic E-state index is -0.241. The molecule has 0 fully saturated rings. The fourth-order valence-electron chi connectivity index (χ4n) is 1.67. The zero-order valence-electron chi connectivity index (χ0n) is 11.7. The van der Waals surface area contributed by atoms with Crippen molar-refractivity contribution < 1.29 is 14.6 Å². The number of amides is 1. The van der Waals surface area contributed by atoms with E-state index in [1.807, 2.05) is 0 Å². The molecule has 0 unspecified atom stereocenters. The van der Waals surface area contributed by atoms with Crippen LogP contribution in [0.4, 0.5) is 0 Å². The molecule has 0 radical (unpaired) electrons. The van der Waals surface area contributed by atoms with E-state index in [0.717, 1.165) is 25.9 Å². The van der Waals surface area contributed by atoms with Gasteiger partial charge in [0.25, 0.3) is 5.91 Å². The molecule has 1 rings (SSSR count). The standard InChI is InChI=1S/C15H20N2O3/c1-20-11-4-2-3-8-17-15(19)14-7-9-16-12-13(14)6-5-10-18/h7,9,12,18H,2-4,8,10-11H2,1H3,(H,17,19). The van der Waals surface area contributed by atoms with E-state index in [2.05, 4.69) is 22.1 Å². The first-order valence-electron chi connectivity index (χ1n) is 6.60. The average molecular weight is 276 g/mol. The largest absolute Gasteiger partial charge is 0.385 e. The minimum Gasteiger partial charge on any atom is -0.385 e. The molecule has 0 saturated carbocycles. The molecule has 0 spiro atoms. The van der Waals surface area contributed by atoms with Gasteiger partial charge >= 0.3 is 0 Å². The van der Waals surface area contributed by atoms with Gasteiger partial charge in [0.2, 0.25) is 0 Å². The Labute approximate surface area is 119 Å². The van der Waals surface area contributed by atoms with Crippen molar-refractivity contribution in [2.45, 2.75) is 19.3 Å². The van der Waals surface area contributed by atoms with Crippen molar-refractivity contribution in [1.82, 2.24) is 10.3 Å². The predicted molar refractivity (Wildman–Crippen MR) is 76.3 cm³/mol. The van der Waals surface area contributed by atoms with Crippen molar-refractivity contribution in [3.63, 3.8) is 0 Å². The predicted octanol–water partition coefficient (Wildman–Crippen LogP) is 0.972. The summed E-state index contributed by atoms with van der Waals surface area (Å²) in [6, 6.07) is 1.63. The second kappa shape index (κ2) is 9.96. The van der Waals surface area contributed by atoms with Gasteiger partial charge in [0, 0.05) is 32.7 Å². The number of unbranched alkanes of at least 4 members (excludes halogenated alkanes) is 2. The maximum absolute atomic E-state index is 12.0. The molecule has 0 aromatic carbocycles. The van der Waals surface area contributed by atoms with Gasteiger partial charge in [0.15, 0.2) is 0 Å². The molecule has 0 atom stereocenters. The summed E-state index contributed by atoms with van der Waals surface area (Å²) in [5, 5.41) is 11.6. The van der Waals surface area contributed by atoms with Crippen molar-refractivity contribution in [2.24, 2.45) is 0 Å². The number of ether oxygens (including phenoxy) is 1. The first-order valence-corrected chi connectivity index (χ1v) is 6.60. The van der Waals surface area contributed by atoms with Gasteiger partial charge in [0.05, 0.1) is 11.1 Å². The van der Waals surface area contributed by atoms with E-state index >= 15 is 0 Å². The van der Waals surface area contributed by atoms with Crippen molar-refractivity contribution in [3.05, 3.63) is 29.6 Å². The monoisotopic (exact) mass is 276 g/mol. The van der Waals surface area contributed by atoms with Gasteiger partial charge in [-0.05, 0) is 25.3 Å². The van der Waals surface area contributed by atoms with Crippen molar-refractivity contribution in [1.29, 1.82) is 0 Å². The summed E-state index contributed by atoms with van der Waals surface area (Å²) in [6.07, 6.45) is 6.00. The quantitative estimate of drug-likeness (QED) is 0.575. The zero-order valence-corrected chi connectivity index (χ0v) is 11.7. The van der Waals surface area contributed by atoms with Crippen LogP contribution in [-0.4, -0.2) is 42.9 Å². The first-order chi connectivity index (χ1) is 9.79. The van der Waals surface area contributed by atoms with Gasteiger partial charge in [-0.25, -0.2) is 0 Å². The number of methoxy groups -OCH3 is 1. The lowest BCUT2D eigenvalue weighted by molar-refractivity contribution is 0.0952. The van der Waals surface area contributed by atoms with Crippen LogP contribution in [0.25, 0.3) is 0 Å². The summed E-state index contributed by atoms with van der Waals surface area (Å²) < 4.78 is 4.96. The van der Waals surface area contributed by atoms with Crippen LogP contribution in [0, 0.1) is 11.8 Å². The van der Waals surface area contributed by atoms with Gasteiger partial charge in [-0.1, -0.05) is 11.8 Å². The Morgan fingerprint density at radius 2 is 2.30 bits per heavy atom. The van der Waals surface area contributed by atoms with Gasteiger partial charge in [-0.2, -0.15) is 0 Å². The van der Waals surface area contributed by atoms with Crippen LogP contribution in [0.1, 0.15) is 35.2 Å². The van der Waals surface area contributed by atoms with Crippen LogP contribution in [0.15, 0.2) is 18.5 Å². The van der Waals surface area contributed by atoms with Gasteiger partial charge in [-0.15, -0.1) is 0 Å². The topological polar surface area (TPSA) is 71.5 Å². The second-order valence-electron chi connectivity index (χ2n) is 4.19. The Hall–Kier alpha value is -1.90. The Morgan fingerprint density at radius 3 is 3.05 bits per heavy atom. The van der Waals surface area contributed by atoms with E-state index in [1.165, 1.54) is 6.20 Å². The van der Waals surface area contributed by atoms with Crippen LogP contribution in [-0.2, 0) is 4.74 Å². The maximum atomic E-state index is 12.0. The highest BCUT2D eigenvalue weighted by Crippen LogP contribution is 2.05. The van der Waals surface area contributed by atoms with Crippen LogP contribution in [0.2, 0.25) is 0 Å². The highest BCUT2D eigenvalue weighted by atomic mass is 16.5. The number of hydrogen-bond donors (Lipinski definition) is 2. The van der Waals surface area contributed by atoms with Gasteiger partial charge in [0.1, 0.15) is 6.61 Å². The maximum Gasteiger partial charge on any atom is 0.252 e. The summed E-state index contributed by atoms with van der Waals surface area (Å²) >= 11 is 0. The molecule has 1 aromatic rings. The third kappa shape index (κ3) is 5.83. The molecule has 0 aliphatic heterocycles. The summed E-state index contributed by atoms with van der Waals surface area (Å²) in [7, 11) is 1.68. The van der Waals surface area contributed by atoms with Crippen LogP contribution in [0.5, 0.6) is 0 Å². The van der Waals surface area contributed by atoms with Crippen molar-refractivity contribution in [2.75, 3.05) is 26.9 Å². The first kappa shape index (κ1) is 16.2. The smallest absolute Gasteiger partial charge is 0.252 e. The molecule has 0 aliphatic rings. The van der Waals surface area contributed by atoms with Gasteiger partial charge < -0.3 is 15.2 Å². The van der Waals surface area contributed by atoms with Crippen molar-refractivity contribution in [3.8, 4) is 11.8 Å². The third-order valence-corrected chi connectivity index (χ3v) is 2.68. The molecule has 1 amide bonds. The molecule has 108 valence electrons. The molecule has 0 saturated heterocycles. The normalized spacial score (nSPS) is 9.70. The molecule has 1 aromatic heterocycles. The number of aliphatic hydroxyl groups is 1. The average Bonchev–Trinajstić information content (AvgIpc) is 2.48. The fourth-order valence-corrected chi connectivity index (χ4v) is 1.67. The number of hydrogen-bond acceptors (Lipinski definition) is 4. The highest BCUT2D eigenvalue weighted by Gasteiger charge is 2.09. The fraction of sp³-hybridized carbons (Fsp3) is 0.467. The van der Waals surface area contributed by atoms with E-state index in [1.54, 1.807) is 19.4 Å². The second-order valence-corrected chi connectivity index (χ2v) is 4.19. The molecule has 20 heavy (non-hydrogen) atoms. The third-order valence-electron chi connectivity index (χ3n) is 2.68. The van der Waals surface area contributed by atoms with Crippen molar-refractivity contribution >= 4 is 5.91 Å². The summed E-state index contributed by atoms with van der Waals surface area (Å²) in [4.78, 5) is 16.0. The van der Waals surface area contributed by atoms with E-state index in [-0.39, 0.29) is 12.5 Å². The Kier molecular flexibility index (Phi) is 8.04. The molecule has 5 heteroatoms. The lowest BCUT2D eigenvalue weighted by atomic mass is 10.1. The molecular formula is C15H20N2O3. The minimum absolute atomic E-state index is 0.165. The molecule has 5 nitrogen and oxygen atoms in total. The number of aromatic nitrogens is 1. The number of nitrogens with one attached hydrogen (secondary N) is 1. The number of nitrogens with zero attached hydrogens (tertiary/aromatic N) is 1. The van der Waals surface area contributed by atoms with Crippen LogP contribution < -0.4 is 5.32 Å². The summed E-state index contributed by atoms with van der Waals surface area (Å²) in [5.41, 5.74) is 1.01. The number of pyridine rings is 1. The van der Waals surface area contributed by atoms with Crippen LogP contribution >= 0.6 is 0 Å². The highest BCUT2D eigenvalue weighted by molar-refractivity contribution is 5.96. The van der Waals surface area contributed by atoms with E-state index in [9.17, 15) is 4.79 Å². The molecule has 0 aliphatic carbocycles.